The van der Waals surface area contributed by atoms with Crippen LogP contribution in [0.1, 0.15) is 49.3 Å². The van der Waals surface area contributed by atoms with E-state index in [2.05, 4.69) is 17.2 Å². The van der Waals surface area contributed by atoms with Gasteiger partial charge in [0.1, 0.15) is 6.54 Å². The number of hydrogen-bond donors (Lipinski definition) is 1. The molecule has 1 amide bonds. The van der Waals surface area contributed by atoms with Gasteiger partial charge in [-0.25, -0.2) is 0 Å². The van der Waals surface area contributed by atoms with Gasteiger partial charge in [0.15, 0.2) is 0 Å². The third-order valence-electron chi connectivity index (χ3n) is 5.10. The summed E-state index contributed by atoms with van der Waals surface area (Å²) in [7, 11) is 0. The number of nitrogens with zero attached hydrogens (tertiary/aromatic N) is 3. The lowest BCUT2D eigenvalue weighted by Gasteiger charge is -2.32. The van der Waals surface area contributed by atoms with Crippen LogP contribution in [0.15, 0.2) is 42.6 Å². The summed E-state index contributed by atoms with van der Waals surface area (Å²) in [6.07, 6.45) is 7.18. The molecule has 1 aliphatic heterocycles. The topological polar surface area (TPSA) is 75.4 Å². The number of benzene rings is 1. The lowest BCUT2D eigenvalue weighted by atomic mass is 9.94. The van der Waals surface area contributed by atoms with E-state index in [1.807, 2.05) is 29.2 Å². The summed E-state index contributed by atoms with van der Waals surface area (Å²) in [4.78, 5) is 25.3. The summed E-state index contributed by atoms with van der Waals surface area (Å²) in [5.74, 6) is -0.486. The third-order valence-corrected chi connectivity index (χ3v) is 5.10. The molecule has 0 bridgehead atoms. The van der Waals surface area contributed by atoms with Crippen LogP contribution in [0.25, 0.3) is 0 Å². The number of piperidine rings is 1. The van der Waals surface area contributed by atoms with Crippen molar-refractivity contribution in [1.29, 1.82) is 0 Å². The Hall–Kier alpha value is -2.63. The Kier molecular flexibility index (Phi) is 6.63. The fourth-order valence-corrected chi connectivity index (χ4v) is 3.67. The van der Waals surface area contributed by atoms with E-state index in [0.29, 0.717) is 13.0 Å². The Morgan fingerprint density at radius 1 is 1.15 bits per heavy atom. The molecule has 1 aromatic carbocycles. The van der Waals surface area contributed by atoms with Crippen molar-refractivity contribution in [2.45, 2.75) is 51.0 Å². The molecule has 2 heterocycles. The Morgan fingerprint density at radius 2 is 1.96 bits per heavy atom. The van der Waals surface area contributed by atoms with Gasteiger partial charge >= 0.3 is 5.97 Å². The predicted molar refractivity (Wildman–Crippen MR) is 102 cm³/mol. The largest absolute Gasteiger partial charge is 0.480 e. The van der Waals surface area contributed by atoms with E-state index in [9.17, 15) is 9.59 Å². The van der Waals surface area contributed by atoms with Gasteiger partial charge in [-0.2, -0.15) is 5.10 Å². The van der Waals surface area contributed by atoms with E-state index < -0.39 is 5.97 Å². The van der Waals surface area contributed by atoms with E-state index in [0.717, 1.165) is 44.3 Å². The highest BCUT2D eigenvalue weighted by molar-refractivity contribution is 5.76. The maximum absolute atomic E-state index is 12.6. The number of likely N-dealkylation sites (tertiary alicyclic amines) is 1. The van der Waals surface area contributed by atoms with Crippen molar-refractivity contribution in [2.24, 2.45) is 0 Å². The number of hydrogen-bond acceptors (Lipinski definition) is 3. The fourth-order valence-electron chi connectivity index (χ4n) is 3.67. The van der Waals surface area contributed by atoms with Crippen molar-refractivity contribution in [3.8, 4) is 0 Å². The summed E-state index contributed by atoms with van der Waals surface area (Å²) < 4.78 is 1.45. The molecule has 1 fully saturated rings. The van der Waals surface area contributed by atoms with Crippen LogP contribution < -0.4 is 0 Å². The predicted octanol–water partition coefficient (Wildman–Crippen LogP) is 3.09. The minimum absolute atomic E-state index is 0.128. The van der Waals surface area contributed by atoms with E-state index in [1.54, 1.807) is 6.20 Å². The van der Waals surface area contributed by atoms with Gasteiger partial charge in [-0.05, 0) is 43.7 Å². The summed E-state index contributed by atoms with van der Waals surface area (Å²) in [6, 6.07) is 12.2. The van der Waals surface area contributed by atoms with Crippen LogP contribution in [0.3, 0.4) is 0 Å². The van der Waals surface area contributed by atoms with Crippen molar-refractivity contribution in [2.75, 3.05) is 13.1 Å². The molecule has 1 saturated heterocycles. The van der Waals surface area contributed by atoms with Crippen molar-refractivity contribution >= 4 is 11.9 Å². The first kappa shape index (κ1) is 19.1. The van der Waals surface area contributed by atoms with Gasteiger partial charge in [0.25, 0.3) is 0 Å². The zero-order valence-corrected chi connectivity index (χ0v) is 15.6. The van der Waals surface area contributed by atoms with Crippen LogP contribution >= 0.6 is 0 Å². The van der Waals surface area contributed by atoms with Crippen LogP contribution in [0.2, 0.25) is 0 Å². The molecule has 27 heavy (non-hydrogen) atoms. The number of carbonyl (C=O) groups is 2. The average Bonchev–Trinajstić information content (AvgIpc) is 3.14. The van der Waals surface area contributed by atoms with Crippen LogP contribution in [0, 0.1) is 0 Å². The van der Waals surface area contributed by atoms with Crippen molar-refractivity contribution in [3.05, 3.63) is 53.9 Å². The van der Waals surface area contributed by atoms with Crippen molar-refractivity contribution < 1.29 is 14.7 Å². The Morgan fingerprint density at radius 3 is 2.74 bits per heavy atom. The van der Waals surface area contributed by atoms with Crippen molar-refractivity contribution in [3.63, 3.8) is 0 Å². The number of carboxylic acids is 1. The van der Waals surface area contributed by atoms with Crippen LogP contribution in [0.4, 0.5) is 0 Å². The second kappa shape index (κ2) is 9.35. The quantitative estimate of drug-likeness (QED) is 0.726. The minimum Gasteiger partial charge on any atom is -0.480 e. The highest BCUT2D eigenvalue weighted by Crippen LogP contribution is 2.26. The molecule has 1 aliphatic rings. The molecular weight excluding hydrogens is 342 g/mol. The number of unbranched alkanes of at least 4 members (excludes halogenated alkanes) is 1. The van der Waals surface area contributed by atoms with Gasteiger partial charge in [-0.15, -0.1) is 0 Å². The second-order valence-corrected chi connectivity index (χ2v) is 7.20. The van der Waals surface area contributed by atoms with Gasteiger partial charge in [0, 0.05) is 31.6 Å². The van der Waals surface area contributed by atoms with E-state index in [1.165, 1.54) is 10.2 Å². The summed E-state index contributed by atoms with van der Waals surface area (Å²) in [6.45, 7) is 1.36. The summed E-state index contributed by atoms with van der Waals surface area (Å²) >= 11 is 0. The number of aliphatic carboxylic acids is 1. The number of aryl methyl sites for hydroxylation is 1. The zero-order chi connectivity index (χ0) is 19.1. The molecule has 0 aliphatic carbocycles. The summed E-state index contributed by atoms with van der Waals surface area (Å²) in [5.41, 5.74) is 2.21. The smallest absolute Gasteiger partial charge is 0.325 e. The normalized spacial score (nSPS) is 17.0. The number of aromatic nitrogens is 2. The molecule has 1 atom stereocenters. The van der Waals surface area contributed by atoms with Gasteiger partial charge < -0.3 is 10.0 Å². The summed E-state index contributed by atoms with van der Waals surface area (Å²) in [5, 5.41) is 13.2. The lowest BCUT2D eigenvalue weighted by Crippen LogP contribution is -2.39. The average molecular weight is 369 g/mol. The van der Waals surface area contributed by atoms with Crippen molar-refractivity contribution in [1.82, 2.24) is 14.7 Å². The maximum Gasteiger partial charge on any atom is 0.325 e. The fraction of sp³-hybridized carbons (Fsp3) is 0.476. The second-order valence-electron chi connectivity index (χ2n) is 7.20. The molecular formula is C21H27N3O3. The first-order chi connectivity index (χ1) is 13.1. The number of rotatable bonds is 8. The van der Waals surface area contributed by atoms with Gasteiger partial charge in [0.2, 0.25) is 5.91 Å². The SMILES string of the molecule is O=C(O)Cn1ccc([C@@H]2CCCN(C(=O)CCCCc3ccccc3)C2)n1. The Balaban J connectivity index is 1.45. The van der Waals surface area contributed by atoms with E-state index in [-0.39, 0.29) is 18.4 Å². The molecule has 0 unspecified atom stereocenters. The lowest BCUT2D eigenvalue weighted by molar-refractivity contribution is -0.138. The van der Waals surface area contributed by atoms with E-state index in [4.69, 9.17) is 5.11 Å². The first-order valence-electron chi connectivity index (χ1n) is 9.68. The van der Waals surface area contributed by atoms with Gasteiger partial charge in [-0.3, -0.25) is 14.3 Å². The maximum atomic E-state index is 12.6. The number of carboxylic acid groups (broad SMARTS) is 1. The molecule has 1 aromatic heterocycles. The highest BCUT2D eigenvalue weighted by atomic mass is 16.4. The van der Waals surface area contributed by atoms with Gasteiger partial charge in [0.05, 0.1) is 5.69 Å². The zero-order valence-electron chi connectivity index (χ0n) is 15.6. The monoisotopic (exact) mass is 369 g/mol. The minimum atomic E-state index is -0.902. The Bertz CT molecular complexity index is 757. The molecule has 0 saturated carbocycles. The standard InChI is InChI=1S/C21H27N3O3/c25-20(11-5-4-9-17-7-2-1-3-8-17)23-13-6-10-18(15-23)19-12-14-24(22-19)16-21(26)27/h1-3,7-8,12,14,18H,4-6,9-11,13,15-16H2,(H,26,27)/t18-/m1/s1. The van der Waals surface area contributed by atoms with Crippen LogP contribution in [0.5, 0.6) is 0 Å². The third kappa shape index (κ3) is 5.67. The molecule has 6 nitrogen and oxygen atoms in total. The first-order valence-corrected chi connectivity index (χ1v) is 9.68. The molecule has 6 heteroatoms. The number of carbonyl (C=O) groups excluding carboxylic acids is 1. The van der Waals surface area contributed by atoms with Crippen LogP contribution in [-0.2, 0) is 22.6 Å². The van der Waals surface area contributed by atoms with Gasteiger partial charge in [-0.1, -0.05) is 30.3 Å². The molecule has 2 aromatic rings. The molecule has 0 spiro atoms. The molecule has 1 N–H and O–H groups in total. The van der Waals surface area contributed by atoms with Crippen LogP contribution in [-0.4, -0.2) is 44.8 Å². The van der Waals surface area contributed by atoms with E-state index >= 15 is 0 Å². The Labute approximate surface area is 159 Å². The molecule has 0 radical (unpaired) electrons. The number of amides is 1. The molecule has 144 valence electrons. The highest BCUT2D eigenvalue weighted by Gasteiger charge is 2.26. The molecule has 3 rings (SSSR count).